The van der Waals surface area contributed by atoms with Crippen LogP contribution in [0.5, 0.6) is 0 Å². The van der Waals surface area contributed by atoms with E-state index in [9.17, 15) is 9.59 Å². The normalized spacial score (nSPS) is 27.1. The molecule has 25 heavy (non-hydrogen) atoms. The van der Waals surface area contributed by atoms with Crippen molar-refractivity contribution in [2.75, 3.05) is 6.61 Å². The molecule has 1 aromatic rings. The third-order valence-corrected chi connectivity index (χ3v) is 5.39. The topological polar surface area (TPSA) is 74.7 Å². The molecule has 4 atom stereocenters. The second-order valence-electron chi connectivity index (χ2n) is 6.39. The molecule has 1 saturated carbocycles. The van der Waals surface area contributed by atoms with Crippen LogP contribution < -0.4 is 0 Å². The third-order valence-electron chi connectivity index (χ3n) is 4.62. The Morgan fingerprint density at radius 2 is 2.28 bits per heavy atom. The zero-order valence-electron chi connectivity index (χ0n) is 14.7. The van der Waals surface area contributed by atoms with Crippen LogP contribution in [0, 0.1) is 12.8 Å². The molecular formula is C18H23NO5S. The quantitative estimate of drug-likeness (QED) is 0.747. The molecule has 1 aliphatic heterocycles. The van der Waals surface area contributed by atoms with Crippen LogP contribution in [0.25, 0.3) is 5.57 Å². The van der Waals surface area contributed by atoms with E-state index in [0.29, 0.717) is 30.7 Å². The van der Waals surface area contributed by atoms with Gasteiger partial charge in [-0.05, 0) is 33.6 Å². The minimum Gasteiger partial charge on any atom is -0.496 e. The molecule has 0 amide bonds. The highest BCUT2D eigenvalue weighted by Gasteiger charge is 2.41. The zero-order valence-corrected chi connectivity index (χ0v) is 15.5. The minimum atomic E-state index is -0.607. The molecule has 1 fully saturated rings. The lowest BCUT2D eigenvalue weighted by Crippen LogP contribution is -2.43. The maximum absolute atomic E-state index is 12.8. The number of Topliss-reactive ketones (excluding diaryl/α,β-unsaturated/α-hetero) is 1. The average Bonchev–Trinajstić information content (AvgIpc) is 3.01. The number of carbonyl (C=O) groups excluding carboxylic acids is 2. The predicted octanol–water partition coefficient (Wildman–Crippen LogP) is 2.90. The van der Waals surface area contributed by atoms with Gasteiger partial charge in [0.25, 0.3) is 0 Å². The molecule has 0 aromatic carbocycles. The molecule has 3 rings (SSSR count). The summed E-state index contributed by atoms with van der Waals surface area (Å²) in [4.78, 5) is 28.9. The maximum atomic E-state index is 12.8. The van der Waals surface area contributed by atoms with E-state index in [1.54, 1.807) is 13.8 Å². The SMILES string of the molecule is CCOC(=O)C(C)OC1CCC2C(=O)C(c3csc(C)n3)=COC2C1. The van der Waals surface area contributed by atoms with Crippen LogP contribution in [0.3, 0.4) is 0 Å². The number of nitrogens with zero attached hydrogens (tertiary/aromatic N) is 1. The average molecular weight is 365 g/mol. The summed E-state index contributed by atoms with van der Waals surface area (Å²) in [6.07, 6.45) is 2.63. The van der Waals surface area contributed by atoms with Crippen molar-refractivity contribution in [3.05, 3.63) is 22.3 Å². The number of aryl methyl sites for hydroxylation is 1. The first-order valence-electron chi connectivity index (χ1n) is 8.64. The number of hydrogen-bond donors (Lipinski definition) is 0. The lowest BCUT2D eigenvalue weighted by Gasteiger charge is -2.37. The van der Waals surface area contributed by atoms with Crippen LogP contribution >= 0.6 is 11.3 Å². The molecule has 6 nitrogen and oxygen atoms in total. The van der Waals surface area contributed by atoms with E-state index in [-0.39, 0.29) is 29.9 Å². The molecule has 2 heterocycles. The van der Waals surface area contributed by atoms with Crippen molar-refractivity contribution in [3.63, 3.8) is 0 Å². The molecule has 0 radical (unpaired) electrons. The number of allylic oxidation sites excluding steroid dienone is 1. The molecule has 7 heteroatoms. The molecule has 136 valence electrons. The summed E-state index contributed by atoms with van der Waals surface area (Å²) in [5, 5.41) is 2.81. The van der Waals surface area contributed by atoms with Crippen molar-refractivity contribution in [2.45, 2.75) is 58.3 Å². The molecule has 0 N–H and O–H groups in total. The standard InChI is InChI=1S/C18H23NO5S/c1-4-22-18(21)10(2)24-12-5-6-13-16(7-12)23-8-14(17(13)20)15-9-25-11(3)19-15/h8-10,12-13,16H,4-7H2,1-3H3. The molecule has 0 bridgehead atoms. The van der Waals surface area contributed by atoms with Crippen molar-refractivity contribution in [3.8, 4) is 0 Å². The van der Waals surface area contributed by atoms with Gasteiger partial charge in [0.15, 0.2) is 11.9 Å². The van der Waals surface area contributed by atoms with E-state index in [1.807, 2.05) is 12.3 Å². The fraction of sp³-hybridized carbons (Fsp3) is 0.611. The Kier molecular flexibility index (Phi) is 5.54. The monoisotopic (exact) mass is 365 g/mol. The molecule has 1 aliphatic carbocycles. The van der Waals surface area contributed by atoms with Crippen LogP contribution in [-0.4, -0.2) is 41.7 Å². The Labute approximate surface area is 151 Å². The highest BCUT2D eigenvalue weighted by Crippen LogP contribution is 2.37. The van der Waals surface area contributed by atoms with Crippen LogP contribution in [0.2, 0.25) is 0 Å². The summed E-state index contributed by atoms with van der Waals surface area (Å²) in [6, 6.07) is 0. The van der Waals surface area contributed by atoms with Crippen LogP contribution in [-0.2, 0) is 23.8 Å². The summed E-state index contributed by atoms with van der Waals surface area (Å²) in [6.45, 7) is 5.72. The van der Waals surface area contributed by atoms with Gasteiger partial charge in [-0.3, -0.25) is 4.79 Å². The number of carbonyl (C=O) groups is 2. The highest BCUT2D eigenvalue weighted by atomic mass is 32.1. The first-order valence-corrected chi connectivity index (χ1v) is 9.52. The Morgan fingerprint density at radius 3 is 2.96 bits per heavy atom. The van der Waals surface area contributed by atoms with Gasteiger partial charge in [-0.1, -0.05) is 0 Å². The summed E-state index contributed by atoms with van der Waals surface area (Å²) in [5.41, 5.74) is 1.25. The van der Waals surface area contributed by atoms with Crippen molar-refractivity contribution in [2.24, 2.45) is 5.92 Å². The van der Waals surface area contributed by atoms with Crippen LogP contribution in [0.1, 0.15) is 43.8 Å². The van der Waals surface area contributed by atoms with Gasteiger partial charge < -0.3 is 14.2 Å². The first-order chi connectivity index (χ1) is 12.0. The largest absolute Gasteiger partial charge is 0.496 e. The van der Waals surface area contributed by atoms with Gasteiger partial charge in [-0.15, -0.1) is 11.3 Å². The van der Waals surface area contributed by atoms with Crippen molar-refractivity contribution < 1.29 is 23.8 Å². The maximum Gasteiger partial charge on any atom is 0.334 e. The van der Waals surface area contributed by atoms with Gasteiger partial charge in [0.1, 0.15) is 6.10 Å². The third kappa shape index (κ3) is 3.93. The Bertz CT molecular complexity index is 683. The van der Waals surface area contributed by atoms with Crippen molar-refractivity contribution >= 4 is 28.7 Å². The van der Waals surface area contributed by atoms with Crippen molar-refractivity contribution in [1.82, 2.24) is 4.98 Å². The number of rotatable bonds is 5. The Balaban J connectivity index is 1.63. The second-order valence-corrected chi connectivity index (χ2v) is 7.46. The van der Waals surface area contributed by atoms with Gasteiger partial charge in [0.05, 0.1) is 41.2 Å². The molecular weight excluding hydrogens is 342 g/mol. The smallest absolute Gasteiger partial charge is 0.334 e. The Morgan fingerprint density at radius 1 is 1.48 bits per heavy atom. The fourth-order valence-corrected chi connectivity index (χ4v) is 3.97. The second kappa shape index (κ2) is 7.66. The number of thiazole rings is 1. The summed E-state index contributed by atoms with van der Waals surface area (Å²) < 4.78 is 16.6. The van der Waals surface area contributed by atoms with E-state index in [1.165, 1.54) is 17.6 Å². The Hall–Kier alpha value is -1.73. The zero-order chi connectivity index (χ0) is 18.0. The van der Waals surface area contributed by atoms with Crippen LogP contribution in [0.15, 0.2) is 11.6 Å². The van der Waals surface area contributed by atoms with E-state index in [4.69, 9.17) is 14.2 Å². The molecule has 4 unspecified atom stereocenters. The number of aromatic nitrogens is 1. The van der Waals surface area contributed by atoms with Crippen LogP contribution in [0.4, 0.5) is 0 Å². The van der Waals surface area contributed by atoms with E-state index >= 15 is 0 Å². The number of ether oxygens (including phenoxy) is 3. The number of hydrogen-bond acceptors (Lipinski definition) is 7. The summed E-state index contributed by atoms with van der Waals surface area (Å²) in [5.74, 6) is -0.426. The van der Waals surface area contributed by atoms with Gasteiger partial charge in [-0.2, -0.15) is 0 Å². The predicted molar refractivity (Wildman–Crippen MR) is 93.0 cm³/mol. The lowest BCUT2D eigenvalue weighted by atomic mass is 9.78. The summed E-state index contributed by atoms with van der Waals surface area (Å²) >= 11 is 1.52. The highest BCUT2D eigenvalue weighted by molar-refractivity contribution is 7.09. The minimum absolute atomic E-state index is 0.0958. The molecule has 2 aliphatic rings. The molecule has 0 spiro atoms. The number of esters is 1. The number of ketones is 1. The molecule has 1 aromatic heterocycles. The van der Waals surface area contributed by atoms with Gasteiger partial charge in [0.2, 0.25) is 0 Å². The fourth-order valence-electron chi connectivity index (χ4n) is 3.36. The summed E-state index contributed by atoms with van der Waals surface area (Å²) in [7, 11) is 0. The number of fused-ring (bicyclic) bond motifs is 1. The first kappa shape index (κ1) is 18.1. The van der Waals surface area contributed by atoms with Gasteiger partial charge >= 0.3 is 5.97 Å². The van der Waals surface area contributed by atoms with Crippen molar-refractivity contribution in [1.29, 1.82) is 0 Å². The van der Waals surface area contributed by atoms with Gasteiger partial charge in [-0.25, -0.2) is 9.78 Å². The van der Waals surface area contributed by atoms with E-state index in [0.717, 1.165) is 11.4 Å². The van der Waals surface area contributed by atoms with E-state index in [2.05, 4.69) is 4.98 Å². The lowest BCUT2D eigenvalue weighted by molar-refractivity contribution is -0.163. The molecule has 0 saturated heterocycles. The van der Waals surface area contributed by atoms with Gasteiger partial charge in [0, 0.05) is 11.8 Å². The van der Waals surface area contributed by atoms with E-state index < -0.39 is 6.10 Å².